The molecule has 21 heavy (non-hydrogen) atoms. The fourth-order valence-electron chi connectivity index (χ4n) is 2.39. The van der Waals surface area contributed by atoms with Crippen molar-refractivity contribution in [3.8, 4) is 0 Å². The minimum atomic E-state index is -4.14. The Morgan fingerprint density at radius 2 is 1.76 bits per heavy atom. The Morgan fingerprint density at radius 1 is 1.24 bits per heavy atom. The summed E-state index contributed by atoms with van der Waals surface area (Å²) in [5, 5.41) is 7.72. The van der Waals surface area contributed by atoms with Crippen LogP contribution in [0.15, 0.2) is 0 Å². The van der Waals surface area contributed by atoms with E-state index >= 15 is 0 Å². The number of nitrogens with two attached hydrogens (primary N) is 1. The lowest BCUT2D eigenvalue weighted by Crippen LogP contribution is -2.59. The second kappa shape index (κ2) is 7.08. The van der Waals surface area contributed by atoms with E-state index < -0.39 is 27.9 Å². The summed E-state index contributed by atoms with van der Waals surface area (Å²) >= 11 is 0. The van der Waals surface area contributed by atoms with Gasteiger partial charge in [0.2, 0.25) is 0 Å². The van der Waals surface area contributed by atoms with Gasteiger partial charge in [0, 0.05) is 0 Å². The molecule has 0 radical (unpaired) electrons. The minimum Gasteiger partial charge on any atom is -0.446 e. The van der Waals surface area contributed by atoms with Gasteiger partial charge in [0.05, 0.1) is 11.6 Å². The molecule has 0 spiro atoms. The first-order valence-corrected chi connectivity index (χ1v) is 8.52. The summed E-state index contributed by atoms with van der Waals surface area (Å²) < 4.78 is 33.0. The van der Waals surface area contributed by atoms with Crippen LogP contribution in [0.2, 0.25) is 0 Å². The lowest BCUT2D eigenvalue weighted by Gasteiger charge is -2.32. The number of amidine groups is 1. The third-order valence-electron chi connectivity index (χ3n) is 3.36. The topological polar surface area (TPSA) is 134 Å². The smallest absolute Gasteiger partial charge is 0.422 e. The number of ether oxygens (including phenoxy) is 1. The predicted molar refractivity (Wildman–Crippen MR) is 79.2 cm³/mol. The maximum atomic E-state index is 12.0. The van der Waals surface area contributed by atoms with Gasteiger partial charge >= 0.3 is 16.3 Å². The molecule has 1 aliphatic rings. The molecule has 1 aliphatic carbocycles. The van der Waals surface area contributed by atoms with Crippen molar-refractivity contribution >= 4 is 22.1 Å². The first-order chi connectivity index (χ1) is 9.67. The van der Waals surface area contributed by atoms with E-state index in [4.69, 9.17) is 15.9 Å². The van der Waals surface area contributed by atoms with Gasteiger partial charge in [0.25, 0.3) is 0 Å². The molecule has 0 aromatic heterocycles. The third-order valence-corrected chi connectivity index (χ3v) is 4.46. The van der Waals surface area contributed by atoms with Gasteiger partial charge < -0.3 is 10.5 Å². The molecule has 0 heterocycles. The average Bonchev–Trinajstić information content (AvgIpc) is 2.52. The molecule has 122 valence electrons. The van der Waals surface area contributed by atoms with Crippen LogP contribution in [0.1, 0.15) is 52.4 Å². The van der Waals surface area contributed by atoms with Crippen molar-refractivity contribution < 1.29 is 17.9 Å². The number of hydrogen-bond donors (Lipinski definition) is 4. The zero-order valence-corrected chi connectivity index (χ0v) is 13.3. The van der Waals surface area contributed by atoms with Crippen molar-refractivity contribution in [2.75, 3.05) is 0 Å². The summed E-state index contributed by atoms with van der Waals surface area (Å²) in [7, 11) is -4.14. The molecular formula is C12H24N4O4S. The third kappa shape index (κ3) is 5.50. The van der Waals surface area contributed by atoms with Crippen molar-refractivity contribution in [2.24, 2.45) is 5.73 Å². The molecule has 0 bridgehead atoms. The zero-order valence-electron chi connectivity index (χ0n) is 12.4. The highest BCUT2D eigenvalue weighted by atomic mass is 32.2. The molecular weight excluding hydrogens is 296 g/mol. The Morgan fingerprint density at radius 3 is 2.19 bits per heavy atom. The molecule has 1 saturated carbocycles. The van der Waals surface area contributed by atoms with Crippen molar-refractivity contribution in [2.45, 2.75) is 64.0 Å². The Labute approximate surface area is 125 Å². The van der Waals surface area contributed by atoms with Crippen LogP contribution in [0.4, 0.5) is 4.79 Å². The Kier molecular flexibility index (Phi) is 5.97. The molecule has 0 aromatic rings. The molecule has 8 nitrogen and oxygen atoms in total. The van der Waals surface area contributed by atoms with Crippen LogP contribution >= 0.6 is 0 Å². The molecule has 0 unspecified atom stereocenters. The highest BCUT2D eigenvalue weighted by molar-refractivity contribution is 7.88. The minimum absolute atomic E-state index is 0.230. The van der Waals surface area contributed by atoms with E-state index in [0.717, 1.165) is 25.7 Å². The highest BCUT2D eigenvalue weighted by Crippen LogP contribution is 2.27. The summed E-state index contributed by atoms with van der Waals surface area (Å²) in [5.74, 6) is -0.230. The van der Waals surface area contributed by atoms with E-state index in [1.807, 2.05) is 0 Å². The number of carbonyl (C=O) groups excluding carboxylic acids is 1. The van der Waals surface area contributed by atoms with Crippen molar-refractivity contribution in [3.05, 3.63) is 0 Å². The predicted octanol–water partition coefficient (Wildman–Crippen LogP) is 0.984. The fourth-order valence-corrected chi connectivity index (χ4v) is 3.54. The SMILES string of the molecule is CC(C)OC(=O)NS(=O)(=O)NC1(C(=N)N)CCCCCC1. The Hall–Kier alpha value is -1.35. The second-order valence-electron chi connectivity index (χ2n) is 5.57. The summed E-state index contributed by atoms with van der Waals surface area (Å²) in [6.45, 7) is 3.23. The van der Waals surface area contributed by atoms with Gasteiger partial charge in [-0.05, 0) is 26.7 Å². The van der Waals surface area contributed by atoms with Gasteiger partial charge in [-0.2, -0.15) is 13.1 Å². The van der Waals surface area contributed by atoms with Crippen molar-refractivity contribution in [1.29, 1.82) is 5.41 Å². The molecule has 1 fully saturated rings. The zero-order chi connectivity index (χ0) is 16.1. The summed E-state index contributed by atoms with van der Waals surface area (Å²) in [6.07, 6.45) is 2.91. The molecule has 0 aliphatic heterocycles. The van der Waals surface area contributed by atoms with E-state index in [9.17, 15) is 13.2 Å². The van der Waals surface area contributed by atoms with E-state index in [2.05, 4.69) is 4.72 Å². The quantitative estimate of drug-likeness (QED) is 0.340. The van der Waals surface area contributed by atoms with Crippen LogP contribution in [0.5, 0.6) is 0 Å². The lowest BCUT2D eigenvalue weighted by molar-refractivity contribution is 0.121. The Balaban J connectivity index is 2.82. The van der Waals surface area contributed by atoms with E-state index in [0.29, 0.717) is 12.8 Å². The van der Waals surface area contributed by atoms with Crippen molar-refractivity contribution in [3.63, 3.8) is 0 Å². The number of amides is 1. The van der Waals surface area contributed by atoms with E-state index in [-0.39, 0.29) is 5.84 Å². The molecule has 5 N–H and O–H groups in total. The van der Waals surface area contributed by atoms with Gasteiger partial charge in [-0.25, -0.2) is 9.52 Å². The molecule has 1 amide bonds. The van der Waals surface area contributed by atoms with Crippen LogP contribution < -0.4 is 15.2 Å². The van der Waals surface area contributed by atoms with Crippen LogP contribution in [0, 0.1) is 5.41 Å². The maximum absolute atomic E-state index is 12.0. The number of nitrogens with one attached hydrogen (secondary N) is 3. The van der Waals surface area contributed by atoms with E-state index in [1.165, 1.54) is 0 Å². The second-order valence-corrected chi connectivity index (χ2v) is 6.99. The van der Waals surface area contributed by atoms with E-state index in [1.54, 1.807) is 18.6 Å². The van der Waals surface area contributed by atoms with Crippen LogP contribution in [0.3, 0.4) is 0 Å². The van der Waals surface area contributed by atoms with Gasteiger partial charge in [0.1, 0.15) is 5.84 Å². The molecule has 0 saturated heterocycles. The number of hydrogen-bond acceptors (Lipinski definition) is 5. The highest BCUT2D eigenvalue weighted by Gasteiger charge is 2.38. The average molecular weight is 320 g/mol. The monoisotopic (exact) mass is 320 g/mol. The molecule has 9 heteroatoms. The molecule has 1 rings (SSSR count). The summed E-state index contributed by atoms with van der Waals surface area (Å²) in [5.41, 5.74) is 4.48. The Bertz CT molecular complexity index is 481. The number of rotatable bonds is 5. The first-order valence-electron chi connectivity index (χ1n) is 7.04. The van der Waals surface area contributed by atoms with Crippen LogP contribution in [-0.2, 0) is 14.9 Å². The normalized spacial score (nSPS) is 18.8. The first kappa shape index (κ1) is 17.7. The number of carbonyl (C=O) groups is 1. The molecule has 0 aromatic carbocycles. The van der Waals surface area contributed by atoms with Crippen LogP contribution in [-0.4, -0.2) is 32.0 Å². The van der Waals surface area contributed by atoms with Gasteiger partial charge in [-0.3, -0.25) is 5.41 Å². The largest absolute Gasteiger partial charge is 0.446 e. The standard InChI is InChI=1S/C12H24N4O4S/c1-9(2)20-11(17)15-21(18,19)16-12(10(13)14)7-5-3-4-6-8-12/h9,16H,3-8H2,1-2H3,(H3,13,14)(H,15,17). The van der Waals surface area contributed by atoms with Gasteiger partial charge in [-0.1, -0.05) is 25.7 Å². The maximum Gasteiger partial charge on any atom is 0.422 e. The summed E-state index contributed by atoms with van der Waals surface area (Å²) in [6, 6.07) is 0. The lowest BCUT2D eigenvalue weighted by atomic mass is 9.90. The summed E-state index contributed by atoms with van der Waals surface area (Å²) in [4.78, 5) is 11.4. The van der Waals surface area contributed by atoms with Crippen LogP contribution in [0.25, 0.3) is 0 Å². The fraction of sp³-hybridized carbons (Fsp3) is 0.833. The van der Waals surface area contributed by atoms with Crippen molar-refractivity contribution in [1.82, 2.24) is 9.44 Å². The van der Waals surface area contributed by atoms with Gasteiger partial charge in [0.15, 0.2) is 0 Å². The molecule has 0 atom stereocenters. The van der Waals surface area contributed by atoms with Gasteiger partial charge in [-0.15, -0.1) is 0 Å².